The Labute approximate surface area is 179 Å². The molecule has 2 N–H and O–H groups in total. The van der Waals surface area contributed by atoms with Gasteiger partial charge in [0.2, 0.25) is 0 Å². The topological polar surface area (TPSA) is 84.9 Å². The number of aliphatic carboxylic acids is 1. The number of carbonyl (C=O) groups excluding carboxylic acids is 1. The van der Waals surface area contributed by atoms with E-state index < -0.39 is 52.8 Å². The van der Waals surface area contributed by atoms with Gasteiger partial charge in [-0.1, -0.05) is 18.2 Å². The summed E-state index contributed by atoms with van der Waals surface area (Å²) in [5.41, 5.74) is -2.29. The minimum Gasteiger partial charge on any atom is -0.480 e. The summed E-state index contributed by atoms with van der Waals surface area (Å²) in [7, 11) is 0. The Hall–Kier alpha value is -3.37. The molecular weight excluding hydrogens is 441 g/mol. The Morgan fingerprint density at radius 1 is 1.06 bits per heavy atom. The zero-order chi connectivity index (χ0) is 24.3. The van der Waals surface area contributed by atoms with Gasteiger partial charge < -0.3 is 19.9 Å². The van der Waals surface area contributed by atoms with Gasteiger partial charge in [-0.05, 0) is 44.5 Å². The first-order chi connectivity index (χ1) is 14.7. The molecular formula is C21H20F5NO5. The summed E-state index contributed by atoms with van der Waals surface area (Å²) in [5, 5.41) is 11.6. The zero-order valence-corrected chi connectivity index (χ0v) is 17.2. The van der Waals surface area contributed by atoms with Crippen LogP contribution in [0.5, 0.6) is 11.5 Å². The SMILES string of the molecule is CC(C)(C)OC(=O)NC(Cc1ccccc1Oc1c(F)cc(C(F)(F)F)cc1F)C(=O)O. The summed E-state index contributed by atoms with van der Waals surface area (Å²) in [6.07, 6.45) is -6.32. The van der Waals surface area contributed by atoms with E-state index in [1.807, 2.05) is 0 Å². The lowest BCUT2D eigenvalue weighted by atomic mass is 10.0. The fourth-order valence-electron chi connectivity index (χ4n) is 2.57. The van der Waals surface area contributed by atoms with Gasteiger partial charge in [0, 0.05) is 6.42 Å². The molecule has 1 amide bonds. The summed E-state index contributed by atoms with van der Waals surface area (Å²) in [4.78, 5) is 23.5. The van der Waals surface area contributed by atoms with E-state index in [0.717, 1.165) is 0 Å². The highest BCUT2D eigenvalue weighted by Gasteiger charge is 2.33. The van der Waals surface area contributed by atoms with Crippen LogP contribution in [0.15, 0.2) is 36.4 Å². The molecule has 0 bridgehead atoms. The van der Waals surface area contributed by atoms with Gasteiger partial charge in [0.25, 0.3) is 0 Å². The van der Waals surface area contributed by atoms with Crippen LogP contribution in [0, 0.1) is 11.6 Å². The molecule has 32 heavy (non-hydrogen) atoms. The molecule has 0 aliphatic carbocycles. The lowest BCUT2D eigenvalue weighted by Crippen LogP contribution is -2.44. The molecule has 0 heterocycles. The summed E-state index contributed by atoms with van der Waals surface area (Å²) >= 11 is 0. The van der Waals surface area contributed by atoms with E-state index in [9.17, 15) is 36.6 Å². The van der Waals surface area contributed by atoms with Gasteiger partial charge in [0.1, 0.15) is 17.4 Å². The number of carbonyl (C=O) groups is 2. The van der Waals surface area contributed by atoms with Gasteiger partial charge in [-0.3, -0.25) is 0 Å². The number of nitrogens with one attached hydrogen (secondary N) is 1. The minimum absolute atomic E-state index is 0.0884. The van der Waals surface area contributed by atoms with Crippen LogP contribution in [0.3, 0.4) is 0 Å². The van der Waals surface area contributed by atoms with Gasteiger partial charge >= 0.3 is 18.2 Å². The number of hydrogen-bond donors (Lipinski definition) is 2. The first-order valence-corrected chi connectivity index (χ1v) is 9.21. The highest BCUT2D eigenvalue weighted by Crippen LogP contribution is 2.36. The van der Waals surface area contributed by atoms with Crippen molar-refractivity contribution in [1.82, 2.24) is 5.32 Å². The number of rotatable bonds is 6. The van der Waals surface area contributed by atoms with Crippen LogP contribution in [0.2, 0.25) is 0 Å². The van der Waals surface area contributed by atoms with Crippen molar-refractivity contribution in [2.45, 2.75) is 45.0 Å². The molecule has 0 spiro atoms. The fourth-order valence-corrected chi connectivity index (χ4v) is 2.57. The summed E-state index contributed by atoms with van der Waals surface area (Å²) < 4.78 is 76.6. The molecule has 6 nitrogen and oxygen atoms in total. The molecule has 2 aromatic rings. The number of ether oxygens (including phenoxy) is 2. The maximum absolute atomic E-state index is 14.1. The monoisotopic (exact) mass is 461 g/mol. The van der Waals surface area contributed by atoms with Crippen molar-refractivity contribution in [2.75, 3.05) is 0 Å². The van der Waals surface area contributed by atoms with Crippen LogP contribution in [-0.2, 0) is 22.1 Å². The normalized spacial score (nSPS) is 12.8. The second kappa shape index (κ2) is 9.41. The van der Waals surface area contributed by atoms with Gasteiger partial charge in [0.05, 0.1) is 5.56 Å². The third-order valence-electron chi connectivity index (χ3n) is 3.92. The van der Waals surface area contributed by atoms with Gasteiger partial charge in [0.15, 0.2) is 17.4 Å². The van der Waals surface area contributed by atoms with Crippen molar-refractivity contribution in [3.63, 3.8) is 0 Å². The zero-order valence-electron chi connectivity index (χ0n) is 17.2. The molecule has 174 valence electrons. The number of hydrogen-bond acceptors (Lipinski definition) is 4. The molecule has 0 saturated heterocycles. The molecule has 1 unspecified atom stereocenters. The molecule has 2 aromatic carbocycles. The minimum atomic E-state index is -4.96. The largest absolute Gasteiger partial charge is 0.480 e. The highest BCUT2D eigenvalue weighted by molar-refractivity contribution is 5.80. The Kier molecular flexibility index (Phi) is 7.32. The maximum Gasteiger partial charge on any atom is 0.416 e. The van der Waals surface area contributed by atoms with Crippen molar-refractivity contribution in [3.05, 3.63) is 59.2 Å². The Balaban J connectivity index is 2.29. The molecule has 0 fully saturated rings. The number of carboxylic acids is 1. The summed E-state index contributed by atoms with van der Waals surface area (Å²) in [6.45, 7) is 4.75. The van der Waals surface area contributed by atoms with Crippen molar-refractivity contribution < 1.29 is 46.1 Å². The summed E-state index contributed by atoms with van der Waals surface area (Å²) in [6, 6.07) is 4.21. The van der Waals surface area contributed by atoms with Crippen LogP contribution in [0.1, 0.15) is 31.9 Å². The fraction of sp³-hybridized carbons (Fsp3) is 0.333. The van der Waals surface area contributed by atoms with E-state index in [2.05, 4.69) is 5.32 Å². The highest BCUT2D eigenvalue weighted by atomic mass is 19.4. The molecule has 0 radical (unpaired) electrons. The lowest BCUT2D eigenvalue weighted by Gasteiger charge is -2.22. The number of benzene rings is 2. The van der Waals surface area contributed by atoms with E-state index in [1.165, 1.54) is 24.3 Å². The maximum atomic E-state index is 14.1. The van der Waals surface area contributed by atoms with E-state index in [-0.39, 0.29) is 29.9 Å². The van der Waals surface area contributed by atoms with Crippen molar-refractivity contribution >= 4 is 12.1 Å². The average molecular weight is 461 g/mol. The Morgan fingerprint density at radius 2 is 1.62 bits per heavy atom. The predicted octanol–water partition coefficient (Wildman–Crippen LogP) is 5.30. The first-order valence-electron chi connectivity index (χ1n) is 9.21. The number of carboxylic acid groups (broad SMARTS) is 1. The molecule has 1 atom stereocenters. The number of amides is 1. The molecule has 0 saturated carbocycles. The standard InChI is InChI=1S/C21H20F5NO5/c1-20(2,3)32-19(30)27-15(18(28)29)8-11-6-4-5-7-16(11)31-17-13(22)9-12(10-14(17)23)21(24,25)26/h4-7,9-10,15H,8H2,1-3H3,(H,27,30)(H,28,29). The van der Waals surface area contributed by atoms with Crippen molar-refractivity contribution in [2.24, 2.45) is 0 Å². The van der Waals surface area contributed by atoms with E-state index in [0.29, 0.717) is 0 Å². The molecule has 11 heteroatoms. The van der Waals surface area contributed by atoms with Gasteiger partial charge in [-0.25, -0.2) is 18.4 Å². The smallest absolute Gasteiger partial charge is 0.416 e. The predicted molar refractivity (Wildman–Crippen MR) is 102 cm³/mol. The molecule has 0 aromatic heterocycles. The first kappa shape index (κ1) is 24.9. The number of para-hydroxylation sites is 1. The third kappa shape index (κ3) is 6.82. The average Bonchev–Trinajstić information content (AvgIpc) is 2.62. The summed E-state index contributed by atoms with van der Waals surface area (Å²) in [5.74, 6) is -5.89. The molecule has 0 aliphatic heterocycles. The van der Waals surface area contributed by atoms with Crippen LogP contribution in [0.25, 0.3) is 0 Å². The van der Waals surface area contributed by atoms with Crippen LogP contribution in [0.4, 0.5) is 26.7 Å². The van der Waals surface area contributed by atoms with Crippen LogP contribution < -0.4 is 10.1 Å². The number of alkyl halides is 3. The quantitative estimate of drug-likeness (QED) is 0.571. The Bertz CT molecular complexity index is 978. The Morgan fingerprint density at radius 3 is 2.12 bits per heavy atom. The number of halogens is 5. The van der Waals surface area contributed by atoms with E-state index in [4.69, 9.17) is 9.47 Å². The van der Waals surface area contributed by atoms with Crippen molar-refractivity contribution in [1.29, 1.82) is 0 Å². The van der Waals surface area contributed by atoms with Crippen LogP contribution >= 0.6 is 0 Å². The van der Waals surface area contributed by atoms with Crippen molar-refractivity contribution in [3.8, 4) is 11.5 Å². The lowest BCUT2D eigenvalue weighted by molar-refractivity contribution is -0.139. The van der Waals surface area contributed by atoms with E-state index in [1.54, 1.807) is 20.8 Å². The molecule has 2 rings (SSSR count). The second-order valence-electron chi connectivity index (χ2n) is 7.72. The van der Waals surface area contributed by atoms with Gasteiger partial charge in [-0.15, -0.1) is 0 Å². The number of alkyl carbamates (subject to hydrolysis) is 1. The van der Waals surface area contributed by atoms with E-state index >= 15 is 0 Å². The van der Waals surface area contributed by atoms with Crippen LogP contribution in [-0.4, -0.2) is 28.8 Å². The van der Waals surface area contributed by atoms with Gasteiger partial charge in [-0.2, -0.15) is 13.2 Å². The second-order valence-corrected chi connectivity index (χ2v) is 7.72. The third-order valence-corrected chi connectivity index (χ3v) is 3.92. The molecule has 0 aliphatic rings.